The second-order valence-corrected chi connectivity index (χ2v) is 9.14. The first kappa shape index (κ1) is 29.2. The molecule has 0 bridgehead atoms. The summed E-state index contributed by atoms with van der Waals surface area (Å²) >= 11 is 0. The van der Waals surface area contributed by atoms with Gasteiger partial charge < -0.3 is 15.0 Å². The van der Waals surface area contributed by atoms with Crippen molar-refractivity contribution in [3.05, 3.63) is 107 Å². The first-order chi connectivity index (χ1) is 17.8. The second-order valence-electron chi connectivity index (χ2n) is 9.14. The normalized spacial score (nSPS) is 13.1. The molecule has 204 valence electrons. The Balaban J connectivity index is 1.91. The van der Waals surface area contributed by atoms with Gasteiger partial charge in [0.25, 0.3) is 0 Å². The molecule has 0 radical (unpaired) electrons. The van der Waals surface area contributed by atoms with Crippen LogP contribution in [0.3, 0.4) is 0 Å². The monoisotopic (exact) mass is 538 g/mol. The highest BCUT2D eigenvalue weighted by atomic mass is 19.4. The van der Waals surface area contributed by atoms with Crippen molar-refractivity contribution in [2.24, 2.45) is 0 Å². The smallest absolute Gasteiger partial charge is 0.375 e. The van der Waals surface area contributed by atoms with Crippen molar-refractivity contribution >= 4 is 5.91 Å². The van der Waals surface area contributed by atoms with Crippen LogP contribution in [-0.4, -0.2) is 44.1 Å². The third-order valence-electron chi connectivity index (χ3n) is 5.74. The fraction of sp³-hybridized carbons (Fsp3) is 0.321. The summed E-state index contributed by atoms with van der Waals surface area (Å²) in [4.78, 5) is 14.4. The zero-order chi connectivity index (χ0) is 27.9. The van der Waals surface area contributed by atoms with E-state index in [4.69, 9.17) is 4.74 Å². The van der Waals surface area contributed by atoms with Crippen LogP contribution in [0.15, 0.2) is 78.9 Å². The fourth-order valence-corrected chi connectivity index (χ4v) is 4.15. The maximum Gasteiger partial charge on any atom is 0.416 e. The summed E-state index contributed by atoms with van der Waals surface area (Å²) in [5.41, 5.74) is -1.38. The summed E-state index contributed by atoms with van der Waals surface area (Å²) in [7, 11) is 3.45. The molecule has 1 amide bonds. The molecule has 0 aliphatic heterocycles. The lowest BCUT2D eigenvalue weighted by atomic mass is 9.85. The average molecular weight is 539 g/mol. The van der Waals surface area contributed by atoms with Gasteiger partial charge in [-0.05, 0) is 49.0 Å². The largest absolute Gasteiger partial charge is 0.416 e. The molecule has 0 saturated carbocycles. The van der Waals surface area contributed by atoms with Gasteiger partial charge in [0, 0.05) is 5.92 Å². The van der Waals surface area contributed by atoms with E-state index < -0.39 is 42.0 Å². The Bertz CT molecular complexity index is 1110. The first-order valence-corrected chi connectivity index (χ1v) is 11.7. The predicted octanol–water partition coefficient (Wildman–Crippen LogP) is 6.12. The molecule has 0 aliphatic carbocycles. The minimum Gasteiger partial charge on any atom is -0.375 e. The van der Waals surface area contributed by atoms with E-state index in [0.717, 1.165) is 11.1 Å². The number of amides is 1. The number of alkyl halides is 6. The molecular formula is C28H28F6N2O2. The average Bonchev–Trinajstić information content (AvgIpc) is 2.83. The molecule has 3 aromatic carbocycles. The van der Waals surface area contributed by atoms with Crippen LogP contribution in [0.2, 0.25) is 0 Å². The summed E-state index contributed by atoms with van der Waals surface area (Å²) < 4.78 is 85.2. The zero-order valence-corrected chi connectivity index (χ0v) is 20.8. The zero-order valence-electron chi connectivity index (χ0n) is 20.8. The van der Waals surface area contributed by atoms with Crippen LogP contribution in [0.25, 0.3) is 0 Å². The number of benzene rings is 3. The molecule has 0 aliphatic rings. The van der Waals surface area contributed by atoms with Crippen molar-refractivity contribution in [2.75, 3.05) is 27.2 Å². The van der Waals surface area contributed by atoms with Gasteiger partial charge in [-0.2, -0.15) is 26.3 Å². The molecule has 4 nitrogen and oxygen atoms in total. The van der Waals surface area contributed by atoms with Crippen molar-refractivity contribution in [3.8, 4) is 0 Å². The lowest BCUT2D eigenvalue weighted by Crippen LogP contribution is -2.46. The Labute approximate surface area is 217 Å². The van der Waals surface area contributed by atoms with Crippen molar-refractivity contribution in [2.45, 2.75) is 30.9 Å². The van der Waals surface area contributed by atoms with Gasteiger partial charge in [-0.15, -0.1) is 0 Å². The quantitative estimate of drug-likeness (QED) is 0.317. The van der Waals surface area contributed by atoms with Crippen LogP contribution in [0.1, 0.15) is 33.7 Å². The van der Waals surface area contributed by atoms with E-state index in [9.17, 15) is 31.1 Å². The maximum absolute atomic E-state index is 13.3. The maximum atomic E-state index is 13.3. The Morgan fingerprint density at radius 2 is 1.29 bits per heavy atom. The number of halogens is 6. The number of hydrogen-bond donors (Lipinski definition) is 1. The second kappa shape index (κ2) is 12.4. The predicted molar refractivity (Wildman–Crippen MR) is 131 cm³/mol. The minimum atomic E-state index is -4.95. The molecule has 1 unspecified atom stereocenters. The van der Waals surface area contributed by atoms with Gasteiger partial charge in [-0.25, -0.2) is 0 Å². The number of carbonyl (C=O) groups is 1. The highest BCUT2D eigenvalue weighted by molar-refractivity contribution is 5.78. The van der Waals surface area contributed by atoms with E-state index in [2.05, 4.69) is 5.32 Å². The molecule has 0 fully saturated rings. The van der Waals surface area contributed by atoms with Gasteiger partial charge >= 0.3 is 12.4 Å². The Morgan fingerprint density at radius 3 is 1.71 bits per heavy atom. The van der Waals surface area contributed by atoms with Crippen molar-refractivity contribution in [1.82, 2.24) is 10.2 Å². The summed E-state index contributed by atoms with van der Waals surface area (Å²) in [5.74, 6) is -0.699. The van der Waals surface area contributed by atoms with E-state index in [1.165, 1.54) is 0 Å². The topological polar surface area (TPSA) is 41.6 Å². The summed E-state index contributed by atoms with van der Waals surface area (Å²) in [6, 6.07) is 19.3. The summed E-state index contributed by atoms with van der Waals surface area (Å²) in [5, 5.41) is 2.94. The molecular weight excluding hydrogens is 510 g/mol. The van der Waals surface area contributed by atoms with Crippen LogP contribution < -0.4 is 5.32 Å². The van der Waals surface area contributed by atoms with Gasteiger partial charge in [-0.1, -0.05) is 60.7 Å². The summed E-state index contributed by atoms with van der Waals surface area (Å²) in [6.07, 6.45) is -9.91. The van der Waals surface area contributed by atoms with Gasteiger partial charge in [0.2, 0.25) is 5.91 Å². The Hall–Kier alpha value is -3.37. The Kier molecular flexibility index (Phi) is 9.56. The van der Waals surface area contributed by atoms with E-state index >= 15 is 0 Å². The molecule has 10 heteroatoms. The molecule has 0 spiro atoms. The number of rotatable bonds is 10. The van der Waals surface area contributed by atoms with E-state index in [-0.39, 0.29) is 30.7 Å². The van der Waals surface area contributed by atoms with Gasteiger partial charge in [-0.3, -0.25) is 4.79 Å². The molecule has 0 heterocycles. The lowest BCUT2D eigenvalue weighted by molar-refractivity contribution is -0.143. The number of nitrogens with zero attached hydrogens (tertiary/aromatic N) is 1. The van der Waals surface area contributed by atoms with Gasteiger partial charge in [0.05, 0.1) is 36.9 Å². The van der Waals surface area contributed by atoms with Crippen molar-refractivity contribution in [3.63, 3.8) is 0 Å². The molecule has 0 aromatic heterocycles. The van der Waals surface area contributed by atoms with Crippen molar-refractivity contribution in [1.29, 1.82) is 0 Å². The van der Waals surface area contributed by atoms with Crippen molar-refractivity contribution < 1.29 is 35.9 Å². The molecule has 3 rings (SSSR count). The number of ether oxygens (including phenoxy) is 1. The van der Waals surface area contributed by atoms with Gasteiger partial charge in [0.15, 0.2) is 0 Å². The molecule has 1 atom stereocenters. The number of hydrogen-bond acceptors (Lipinski definition) is 3. The van der Waals surface area contributed by atoms with E-state index in [1.54, 1.807) is 19.0 Å². The minimum absolute atomic E-state index is 0.0780. The SMILES string of the molecule is CN(C)CC(=O)NC(COCc1cc(C(F)(F)F)cc(C(F)(F)F)c1)C(c1ccccc1)c1ccccc1. The van der Waals surface area contributed by atoms with E-state index in [0.29, 0.717) is 12.1 Å². The highest BCUT2D eigenvalue weighted by Gasteiger charge is 2.37. The van der Waals surface area contributed by atoms with Crippen LogP contribution in [0.5, 0.6) is 0 Å². The third kappa shape index (κ3) is 8.32. The molecule has 3 aromatic rings. The van der Waals surface area contributed by atoms with E-state index in [1.807, 2.05) is 60.7 Å². The standard InChI is InChI=1S/C28H28F6N2O2/c1-36(2)16-25(37)35-24(26(20-9-5-3-6-10-20)21-11-7-4-8-12-21)18-38-17-19-13-22(27(29,30)31)15-23(14-19)28(32,33)34/h3-15,24,26H,16-18H2,1-2H3,(H,35,37). The molecule has 0 saturated heterocycles. The number of carbonyl (C=O) groups excluding carboxylic acids is 1. The van der Waals surface area contributed by atoms with Crippen LogP contribution in [0.4, 0.5) is 26.3 Å². The molecule has 38 heavy (non-hydrogen) atoms. The number of nitrogens with one attached hydrogen (secondary N) is 1. The molecule has 1 N–H and O–H groups in total. The van der Waals surface area contributed by atoms with Crippen LogP contribution in [0, 0.1) is 0 Å². The number of likely N-dealkylation sites (N-methyl/N-ethyl adjacent to an activating group) is 1. The Morgan fingerprint density at radius 1 is 0.816 bits per heavy atom. The van der Waals surface area contributed by atoms with Gasteiger partial charge in [0.1, 0.15) is 0 Å². The third-order valence-corrected chi connectivity index (χ3v) is 5.74. The summed E-state index contributed by atoms with van der Waals surface area (Å²) in [6.45, 7) is -0.593. The van der Waals surface area contributed by atoms with Crippen LogP contribution >= 0.6 is 0 Å². The fourth-order valence-electron chi connectivity index (χ4n) is 4.15. The first-order valence-electron chi connectivity index (χ1n) is 11.7. The lowest BCUT2D eigenvalue weighted by Gasteiger charge is -2.29. The highest BCUT2D eigenvalue weighted by Crippen LogP contribution is 2.36. The van der Waals surface area contributed by atoms with Crippen LogP contribution in [-0.2, 0) is 28.5 Å².